The van der Waals surface area contributed by atoms with Crippen LogP contribution in [0.3, 0.4) is 0 Å². The molecule has 6 heteroatoms. The number of carboxylic acids is 1. The molecule has 1 aromatic carbocycles. The molecule has 0 heterocycles. The number of aliphatic carboxylic acids is 1. The highest BCUT2D eigenvalue weighted by Crippen LogP contribution is 2.24. The lowest BCUT2D eigenvalue weighted by Crippen LogP contribution is -2.07. The Labute approximate surface area is 76.4 Å². The van der Waals surface area contributed by atoms with Gasteiger partial charge in [0.25, 0.3) is 0 Å². The molecule has 76 valence electrons. The van der Waals surface area contributed by atoms with Gasteiger partial charge in [-0.05, 0) is 0 Å². The topological polar surface area (TPSA) is 57.5 Å². The second-order valence-electron chi connectivity index (χ2n) is 2.55. The van der Waals surface area contributed by atoms with Crippen LogP contribution in [0.1, 0.15) is 5.56 Å². The molecule has 0 aliphatic carbocycles. The molecule has 0 aliphatic heterocycles. The van der Waals surface area contributed by atoms with E-state index in [1.165, 1.54) is 0 Å². The van der Waals surface area contributed by atoms with Crippen LogP contribution in [0.15, 0.2) is 6.07 Å². The van der Waals surface area contributed by atoms with Gasteiger partial charge in [0.2, 0.25) is 5.82 Å². The van der Waals surface area contributed by atoms with E-state index in [4.69, 9.17) is 10.2 Å². The van der Waals surface area contributed by atoms with E-state index in [1.54, 1.807) is 0 Å². The summed E-state index contributed by atoms with van der Waals surface area (Å²) in [5, 5.41) is 16.9. The molecule has 0 unspecified atom stereocenters. The smallest absolute Gasteiger partial charge is 0.308 e. The molecule has 0 saturated carbocycles. The van der Waals surface area contributed by atoms with E-state index in [1.807, 2.05) is 0 Å². The van der Waals surface area contributed by atoms with Crippen LogP contribution >= 0.6 is 0 Å². The standard InChI is InChI=1S/C8H5F3O3/c9-4-2-5(12)8(11)7(10)3(4)1-6(13)14/h2,12H,1H2,(H,13,14). The quantitative estimate of drug-likeness (QED) is 0.719. The van der Waals surface area contributed by atoms with Crippen molar-refractivity contribution in [3.05, 3.63) is 29.1 Å². The maximum atomic E-state index is 12.8. The molecule has 1 rings (SSSR count). The van der Waals surface area contributed by atoms with E-state index < -0.39 is 41.2 Å². The number of phenolic OH excluding ortho intramolecular Hbond substituents is 1. The largest absolute Gasteiger partial charge is 0.505 e. The van der Waals surface area contributed by atoms with E-state index in [2.05, 4.69) is 0 Å². The lowest BCUT2D eigenvalue weighted by Gasteiger charge is -2.04. The molecule has 0 radical (unpaired) electrons. The number of aromatic hydroxyl groups is 1. The van der Waals surface area contributed by atoms with Gasteiger partial charge in [0.15, 0.2) is 11.6 Å². The van der Waals surface area contributed by atoms with Crippen LogP contribution < -0.4 is 0 Å². The third-order valence-corrected chi connectivity index (χ3v) is 1.56. The average molecular weight is 206 g/mol. The van der Waals surface area contributed by atoms with Gasteiger partial charge in [-0.25, -0.2) is 8.78 Å². The number of phenols is 1. The van der Waals surface area contributed by atoms with E-state index in [0.29, 0.717) is 6.07 Å². The van der Waals surface area contributed by atoms with Crippen molar-refractivity contribution in [2.24, 2.45) is 0 Å². The van der Waals surface area contributed by atoms with Crippen molar-refractivity contribution in [3.63, 3.8) is 0 Å². The maximum Gasteiger partial charge on any atom is 0.308 e. The third kappa shape index (κ3) is 1.78. The molecule has 0 bridgehead atoms. The Bertz CT molecular complexity index is 390. The first kappa shape index (κ1) is 10.4. The van der Waals surface area contributed by atoms with Crippen molar-refractivity contribution in [1.29, 1.82) is 0 Å². The summed E-state index contributed by atoms with van der Waals surface area (Å²) in [5.41, 5.74) is -0.909. The number of rotatable bonds is 2. The van der Waals surface area contributed by atoms with E-state index in [9.17, 15) is 18.0 Å². The van der Waals surface area contributed by atoms with E-state index in [0.717, 1.165) is 0 Å². The summed E-state index contributed by atoms with van der Waals surface area (Å²) in [4.78, 5) is 10.2. The number of carboxylic acid groups (broad SMARTS) is 1. The van der Waals surface area contributed by atoms with Crippen LogP contribution in [0.25, 0.3) is 0 Å². The van der Waals surface area contributed by atoms with Crippen molar-refractivity contribution in [3.8, 4) is 5.75 Å². The lowest BCUT2D eigenvalue weighted by molar-refractivity contribution is -0.136. The number of benzene rings is 1. The summed E-state index contributed by atoms with van der Waals surface area (Å²) in [5.74, 6) is -7.29. The van der Waals surface area contributed by atoms with Crippen molar-refractivity contribution in [2.45, 2.75) is 6.42 Å². The second kappa shape index (κ2) is 3.57. The highest BCUT2D eigenvalue weighted by molar-refractivity contribution is 5.70. The second-order valence-corrected chi connectivity index (χ2v) is 2.55. The molecule has 0 spiro atoms. The van der Waals surface area contributed by atoms with Crippen LogP contribution in [0.4, 0.5) is 13.2 Å². The lowest BCUT2D eigenvalue weighted by atomic mass is 10.1. The molecule has 3 nitrogen and oxygen atoms in total. The van der Waals surface area contributed by atoms with Crippen molar-refractivity contribution >= 4 is 5.97 Å². The minimum absolute atomic E-state index is 0.330. The molecular formula is C8H5F3O3. The summed E-state index contributed by atoms with van der Waals surface area (Å²) >= 11 is 0. The first-order valence-electron chi connectivity index (χ1n) is 3.50. The van der Waals surface area contributed by atoms with Crippen molar-refractivity contribution in [1.82, 2.24) is 0 Å². The Morgan fingerprint density at radius 2 is 1.86 bits per heavy atom. The minimum atomic E-state index is -1.68. The van der Waals surface area contributed by atoms with Gasteiger partial charge in [-0.15, -0.1) is 0 Å². The Hall–Kier alpha value is -1.72. The van der Waals surface area contributed by atoms with E-state index in [-0.39, 0.29) is 0 Å². The molecule has 14 heavy (non-hydrogen) atoms. The zero-order valence-corrected chi connectivity index (χ0v) is 6.72. The molecule has 0 atom stereocenters. The van der Waals surface area contributed by atoms with Gasteiger partial charge in [-0.1, -0.05) is 0 Å². The molecular weight excluding hydrogens is 201 g/mol. The van der Waals surface area contributed by atoms with Gasteiger partial charge in [0.05, 0.1) is 6.42 Å². The normalized spacial score (nSPS) is 10.2. The third-order valence-electron chi connectivity index (χ3n) is 1.56. The summed E-state index contributed by atoms with van der Waals surface area (Å²) in [6.07, 6.45) is -0.977. The Balaban J connectivity index is 3.29. The number of carbonyl (C=O) groups is 1. The molecule has 0 fully saturated rings. The van der Waals surface area contributed by atoms with Gasteiger partial charge in [-0.3, -0.25) is 4.79 Å². The Morgan fingerprint density at radius 1 is 1.29 bits per heavy atom. The fourth-order valence-electron chi connectivity index (χ4n) is 0.934. The van der Waals surface area contributed by atoms with Crippen LogP contribution in [-0.4, -0.2) is 16.2 Å². The molecule has 0 saturated heterocycles. The Morgan fingerprint density at radius 3 is 2.36 bits per heavy atom. The maximum absolute atomic E-state index is 12.8. The monoisotopic (exact) mass is 206 g/mol. The average Bonchev–Trinajstić information content (AvgIpc) is 2.09. The van der Waals surface area contributed by atoms with Crippen LogP contribution in [0.5, 0.6) is 5.75 Å². The number of hydrogen-bond acceptors (Lipinski definition) is 2. The Kier molecular flexibility index (Phi) is 2.64. The van der Waals surface area contributed by atoms with E-state index >= 15 is 0 Å². The summed E-state index contributed by atoms with van der Waals surface area (Å²) < 4.78 is 38.3. The molecule has 1 aromatic rings. The zero-order valence-electron chi connectivity index (χ0n) is 6.72. The first-order valence-corrected chi connectivity index (χ1v) is 3.50. The van der Waals surface area contributed by atoms with Gasteiger partial charge in [0, 0.05) is 11.6 Å². The highest BCUT2D eigenvalue weighted by Gasteiger charge is 2.20. The zero-order chi connectivity index (χ0) is 10.9. The van der Waals surface area contributed by atoms with Gasteiger partial charge in [0.1, 0.15) is 5.82 Å². The number of hydrogen-bond donors (Lipinski definition) is 2. The SMILES string of the molecule is O=C(O)Cc1c(F)cc(O)c(F)c1F. The molecule has 0 amide bonds. The molecule has 0 aromatic heterocycles. The van der Waals surface area contributed by atoms with Gasteiger partial charge >= 0.3 is 5.97 Å². The molecule has 2 N–H and O–H groups in total. The predicted molar refractivity (Wildman–Crippen MR) is 39.3 cm³/mol. The highest BCUT2D eigenvalue weighted by atomic mass is 19.2. The minimum Gasteiger partial charge on any atom is -0.505 e. The molecule has 0 aliphatic rings. The number of halogens is 3. The summed E-state index contributed by atoms with van der Waals surface area (Å²) in [6.45, 7) is 0. The fraction of sp³-hybridized carbons (Fsp3) is 0.125. The van der Waals surface area contributed by atoms with Crippen LogP contribution in [0.2, 0.25) is 0 Å². The van der Waals surface area contributed by atoms with Crippen LogP contribution in [-0.2, 0) is 11.2 Å². The van der Waals surface area contributed by atoms with Crippen molar-refractivity contribution in [2.75, 3.05) is 0 Å². The summed E-state index contributed by atoms with van der Waals surface area (Å²) in [6, 6.07) is 0.330. The van der Waals surface area contributed by atoms with Crippen LogP contribution in [0, 0.1) is 17.5 Å². The first-order chi connectivity index (χ1) is 6.43. The van der Waals surface area contributed by atoms with Gasteiger partial charge < -0.3 is 10.2 Å². The predicted octanol–water partition coefficient (Wildman–Crippen LogP) is 1.44. The fourth-order valence-corrected chi connectivity index (χ4v) is 0.934. The summed E-state index contributed by atoms with van der Waals surface area (Å²) in [7, 11) is 0. The van der Waals surface area contributed by atoms with Gasteiger partial charge in [-0.2, -0.15) is 4.39 Å². The van der Waals surface area contributed by atoms with Crippen molar-refractivity contribution < 1.29 is 28.2 Å².